The van der Waals surface area contributed by atoms with Crippen molar-refractivity contribution in [2.75, 3.05) is 52.9 Å². The lowest BCUT2D eigenvalue weighted by molar-refractivity contribution is -0.145. The quantitative estimate of drug-likeness (QED) is 0.801. The highest BCUT2D eigenvalue weighted by atomic mass is 19.1. The summed E-state index contributed by atoms with van der Waals surface area (Å²) in [5, 5.41) is 9.75. The summed E-state index contributed by atoms with van der Waals surface area (Å²) in [6, 6.07) is 2.95. The number of aliphatic carboxylic acids is 1. The number of carbonyl (C=O) groups is 2. The molecule has 8 heteroatoms. The SMILES string of the molecule is COc1ccc(F)cc1C(C(=O)O)N1CCN(CC(=O)N2CCCC2)CC1. The minimum Gasteiger partial charge on any atom is -0.496 e. The van der Waals surface area contributed by atoms with E-state index in [1.807, 2.05) is 4.90 Å². The predicted octanol–water partition coefficient (Wildman–Crippen LogP) is 1.20. The Morgan fingerprint density at radius 2 is 1.81 bits per heavy atom. The molecule has 2 saturated heterocycles. The number of amides is 1. The summed E-state index contributed by atoms with van der Waals surface area (Å²) >= 11 is 0. The van der Waals surface area contributed by atoms with Gasteiger partial charge in [0, 0.05) is 44.8 Å². The van der Waals surface area contributed by atoms with E-state index in [9.17, 15) is 19.1 Å². The van der Waals surface area contributed by atoms with E-state index in [0.717, 1.165) is 25.9 Å². The average Bonchev–Trinajstić information content (AvgIpc) is 3.18. The van der Waals surface area contributed by atoms with Gasteiger partial charge in [0.1, 0.15) is 17.6 Å². The zero-order valence-corrected chi connectivity index (χ0v) is 15.6. The smallest absolute Gasteiger partial charge is 0.325 e. The number of hydrogen-bond donors (Lipinski definition) is 1. The van der Waals surface area contributed by atoms with Crippen LogP contribution in [0, 0.1) is 5.82 Å². The Labute approximate surface area is 158 Å². The highest BCUT2D eigenvalue weighted by Crippen LogP contribution is 2.31. The first kappa shape index (κ1) is 19.6. The van der Waals surface area contributed by atoms with Gasteiger partial charge in [0.2, 0.25) is 5.91 Å². The van der Waals surface area contributed by atoms with Crippen LogP contribution in [0.2, 0.25) is 0 Å². The van der Waals surface area contributed by atoms with Gasteiger partial charge in [0.25, 0.3) is 0 Å². The minimum atomic E-state index is -1.04. The second-order valence-electron chi connectivity index (χ2n) is 7.03. The van der Waals surface area contributed by atoms with Crippen LogP contribution >= 0.6 is 0 Å². The molecule has 27 heavy (non-hydrogen) atoms. The van der Waals surface area contributed by atoms with Crippen molar-refractivity contribution in [3.63, 3.8) is 0 Å². The van der Waals surface area contributed by atoms with Gasteiger partial charge in [-0.15, -0.1) is 0 Å². The third kappa shape index (κ3) is 4.56. The highest BCUT2D eigenvalue weighted by molar-refractivity contribution is 5.78. The van der Waals surface area contributed by atoms with Crippen LogP contribution in [0.1, 0.15) is 24.4 Å². The van der Waals surface area contributed by atoms with Crippen LogP contribution in [-0.2, 0) is 9.59 Å². The zero-order valence-electron chi connectivity index (χ0n) is 15.6. The molecule has 1 N–H and O–H groups in total. The Morgan fingerprint density at radius 1 is 1.15 bits per heavy atom. The molecule has 2 heterocycles. The third-order valence-electron chi connectivity index (χ3n) is 5.31. The van der Waals surface area contributed by atoms with E-state index in [1.165, 1.54) is 25.3 Å². The molecule has 1 unspecified atom stereocenters. The van der Waals surface area contributed by atoms with E-state index in [1.54, 1.807) is 4.90 Å². The Kier molecular flexibility index (Phi) is 6.28. The molecule has 2 aliphatic rings. The van der Waals surface area contributed by atoms with Crippen molar-refractivity contribution in [3.05, 3.63) is 29.6 Å². The van der Waals surface area contributed by atoms with Gasteiger partial charge in [-0.1, -0.05) is 0 Å². The molecule has 1 aromatic carbocycles. The minimum absolute atomic E-state index is 0.141. The molecule has 0 aromatic heterocycles. The van der Waals surface area contributed by atoms with Gasteiger partial charge in [-0.05, 0) is 31.0 Å². The summed E-state index contributed by atoms with van der Waals surface area (Å²) < 4.78 is 18.9. The van der Waals surface area contributed by atoms with E-state index in [0.29, 0.717) is 44.0 Å². The van der Waals surface area contributed by atoms with Crippen LogP contribution in [0.15, 0.2) is 18.2 Å². The number of carbonyl (C=O) groups excluding carboxylic acids is 1. The molecule has 7 nitrogen and oxygen atoms in total. The molecule has 0 aliphatic carbocycles. The number of likely N-dealkylation sites (tertiary alicyclic amines) is 1. The molecule has 148 valence electrons. The lowest BCUT2D eigenvalue weighted by Gasteiger charge is -2.38. The summed E-state index contributed by atoms with van der Waals surface area (Å²) in [5.41, 5.74) is 0.312. The monoisotopic (exact) mass is 379 g/mol. The summed E-state index contributed by atoms with van der Waals surface area (Å²) in [6.45, 7) is 4.21. The van der Waals surface area contributed by atoms with Gasteiger partial charge in [-0.25, -0.2) is 4.39 Å². The molecule has 0 bridgehead atoms. The molecular formula is C19H26FN3O4. The van der Waals surface area contributed by atoms with Gasteiger partial charge >= 0.3 is 5.97 Å². The Bertz CT molecular complexity index is 686. The maximum absolute atomic E-state index is 13.7. The number of carboxylic acid groups (broad SMARTS) is 1. The van der Waals surface area contributed by atoms with Gasteiger partial charge in [0.05, 0.1) is 13.7 Å². The molecule has 0 saturated carbocycles. The van der Waals surface area contributed by atoms with Crippen LogP contribution < -0.4 is 4.74 Å². The molecule has 0 radical (unpaired) electrons. The van der Waals surface area contributed by atoms with Gasteiger partial charge in [-0.2, -0.15) is 0 Å². The topological polar surface area (TPSA) is 73.3 Å². The molecule has 3 rings (SSSR count). The maximum atomic E-state index is 13.7. The van der Waals surface area contributed by atoms with E-state index in [2.05, 4.69) is 4.90 Å². The Balaban J connectivity index is 1.65. The highest BCUT2D eigenvalue weighted by Gasteiger charge is 2.33. The number of benzene rings is 1. The first-order chi connectivity index (χ1) is 13.0. The first-order valence-corrected chi connectivity index (χ1v) is 9.30. The fourth-order valence-electron chi connectivity index (χ4n) is 3.84. The van der Waals surface area contributed by atoms with Crippen molar-refractivity contribution in [2.45, 2.75) is 18.9 Å². The van der Waals surface area contributed by atoms with E-state index >= 15 is 0 Å². The Morgan fingerprint density at radius 3 is 2.41 bits per heavy atom. The third-order valence-corrected chi connectivity index (χ3v) is 5.31. The summed E-state index contributed by atoms with van der Waals surface area (Å²) in [4.78, 5) is 30.0. The second-order valence-corrected chi connectivity index (χ2v) is 7.03. The number of nitrogens with zero attached hydrogens (tertiary/aromatic N) is 3. The van der Waals surface area contributed by atoms with Gasteiger partial charge in [-0.3, -0.25) is 19.4 Å². The molecule has 1 atom stereocenters. The number of ether oxygens (including phenoxy) is 1. The summed E-state index contributed by atoms with van der Waals surface area (Å²) in [7, 11) is 1.44. The van der Waals surface area contributed by atoms with E-state index in [-0.39, 0.29) is 5.91 Å². The van der Waals surface area contributed by atoms with E-state index in [4.69, 9.17) is 4.74 Å². The van der Waals surface area contributed by atoms with Crippen LogP contribution in [0.25, 0.3) is 0 Å². The maximum Gasteiger partial charge on any atom is 0.325 e. The molecule has 0 spiro atoms. The molecule has 1 aromatic rings. The van der Waals surface area contributed by atoms with Crippen LogP contribution in [-0.4, -0.2) is 84.6 Å². The number of hydrogen-bond acceptors (Lipinski definition) is 5. The molecule has 2 aliphatic heterocycles. The average molecular weight is 379 g/mol. The standard InChI is InChI=1S/C19H26FN3O4/c1-27-16-5-4-14(20)12-15(16)18(19(25)26)23-10-8-21(9-11-23)13-17(24)22-6-2-3-7-22/h4-5,12,18H,2-3,6-11,13H2,1H3,(H,25,26). The van der Waals surface area contributed by atoms with Crippen molar-refractivity contribution in [1.82, 2.24) is 14.7 Å². The lowest BCUT2D eigenvalue weighted by atomic mass is 10.0. The number of halogens is 1. The predicted molar refractivity (Wildman–Crippen MR) is 97.2 cm³/mol. The summed E-state index contributed by atoms with van der Waals surface area (Å²) in [6.07, 6.45) is 2.13. The van der Waals surface area contributed by atoms with E-state index < -0.39 is 17.8 Å². The molecule has 1 amide bonds. The fourth-order valence-corrected chi connectivity index (χ4v) is 3.84. The van der Waals surface area contributed by atoms with Crippen LogP contribution in [0.5, 0.6) is 5.75 Å². The zero-order chi connectivity index (χ0) is 19.4. The van der Waals surface area contributed by atoms with Crippen molar-refractivity contribution in [1.29, 1.82) is 0 Å². The fraction of sp³-hybridized carbons (Fsp3) is 0.579. The largest absolute Gasteiger partial charge is 0.496 e. The van der Waals surface area contributed by atoms with Crippen molar-refractivity contribution >= 4 is 11.9 Å². The molecule has 2 fully saturated rings. The first-order valence-electron chi connectivity index (χ1n) is 9.30. The number of methoxy groups -OCH3 is 1. The molecular weight excluding hydrogens is 353 g/mol. The van der Waals surface area contributed by atoms with Crippen molar-refractivity contribution < 1.29 is 23.8 Å². The second kappa shape index (κ2) is 8.67. The van der Waals surface area contributed by atoms with Gasteiger partial charge < -0.3 is 14.7 Å². The normalized spacial score (nSPS) is 19.9. The number of rotatable bonds is 6. The van der Waals surface area contributed by atoms with Gasteiger partial charge in [0.15, 0.2) is 0 Å². The van der Waals surface area contributed by atoms with Crippen molar-refractivity contribution in [2.24, 2.45) is 0 Å². The van der Waals surface area contributed by atoms with Crippen LogP contribution in [0.4, 0.5) is 4.39 Å². The number of carboxylic acids is 1. The number of piperazine rings is 1. The van der Waals surface area contributed by atoms with Crippen LogP contribution in [0.3, 0.4) is 0 Å². The summed E-state index contributed by atoms with van der Waals surface area (Å²) in [5.74, 6) is -1.04. The lowest BCUT2D eigenvalue weighted by Crippen LogP contribution is -2.51. The van der Waals surface area contributed by atoms with Crippen molar-refractivity contribution in [3.8, 4) is 5.75 Å². The Hall–Kier alpha value is -2.19.